The molecule has 2 aromatic rings. The molecule has 0 saturated carbocycles. The zero-order valence-electron chi connectivity index (χ0n) is 7.73. The van der Waals surface area contributed by atoms with Gasteiger partial charge >= 0.3 is 0 Å². The van der Waals surface area contributed by atoms with Crippen molar-refractivity contribution in [3.8, 4) is 0 Å². The first-order chi connectivity index (χ1) is 6.29. The summed E-state index contributed by atoms with van der Waals surface area (Å²) >= 11 is 0. The van der Waals surface area contributed by atoms with Crippen LogP contribution in [0.2, 0.25) is 0 Å². The lowest BCUT2D eigenvalue weighted by Gasteiger charge is -1.94. The van der Waals surface area contributed by atoms with Gasteiger partial charge in [-0.05, 0) is 19.9 Å². The Balaban J connectivity index is 2.61. The van der Waals surface area contributed by atoms with E-state index >= 15 is 0 Å². The predicted molar refractivity (Wildman–Crippen MR) is 52.4 cm³/mol. The maximum Gasteiger partial charge on any atom is 0.155 e. The van der Waals surface area contributed by atoms with Crippen LogP contribution < -0.4 is 0 Å². The van der Waals surface area contributed by atoms with Crippen molar-refractivity contribution >= 4 is 11.7 Å². The molecule has 0 N–H and O–H groups in total. The molecule has 0 saturated heterocycles. The largest absolute Gasteiger partial charge is 0.303 e. The van der Waals surface area contributed by atoms with Crippen LogP contribution >= 0.6 is 0 Å². The highest BCUT2D eigenvalue weighted by Gasteiger charge is 1.97. The Bertz CT molecular complexity index is 454. The topological polar surface area (TPSA) is 30.2 Å². The Morgan fingerprint density at radius 2 is 2.23 bits per heavy atom. The number of nitrogens with zero attached hydrogens (tertiary/aromatic N) is 3. The second-order valence-electron chi connectivity index (χ2n) is 2.96. The zero-order chi connectivity index (χ0) is 9.26. The molecule has 0 aliphatic rings. The van der Waals surface area contributed by atoms with E-state index in [1.54, 1.807) is 6.20 Å². The van der Waals surface area contributed by atoms with E-state index in [1.807, 2.05) is 42.8 Å². The summed E-state index contributed by atoms with van der Waals surface area (Å²) in [5, 5.41) is 0. The van der Waals surface area contributed by atoms with Crippen molar-refractivity contribution in [2.75, 3.05) is 0 Å². The lowest BCUT2D eigenvalue weighted by atomic mass is 10.4. The van der Waals surface area contributed by atoms with Crippen LogP contribution in [0.1, 0.15) is 18.3 Å². The second kappa shape index (κ2) is 3.01. The molecule has 0 fully saturated rings. The monoisotopic (exact) mass is 173 g/mol. The number of aryl methyl sites for hydroxylation is 1. The smallest absolute Gasteiger partial charge is 0.155 e. The van der Waals surface area contributed by atoms with Gasteiger partial charge in [0, 0.05) is 12.4 Å². The Morgan fingerprint density at radius 3 is 3.00 bits per heavy atom. The van der Waals surface area contributed by atoms with Gasteiger partial charge in [-0.15, -0.1) is 0 Å². The van der Waals surface area contributed by atoms with Crippen LogP contribution in [0.25, 0.3) is 11.7 Å². The summed E-state index contributed by atoms with van der Waals surface area (Å²) in [7, 11) is 0. The molecule has 0 unspecified atom stereocenters. The van der Waals surface area contributed by atoms with Crippen molar-refractivity contribution in [1.82, 2.24) is 14.4 Å². The van der Waals surface area contributed by atoms with E-state index in [0.717, 1.165) is 17.0 Å². The quantitative estimate of drug-likeness (QED) is 0.660. The molecule has 2 rings (SSSR count). The van der Waals surface area contributed by atoms with Crippen LogP contribution in [0.15, 0.2) is 24.7 Å². The molecule has 0 bridgehead atoms. The normalized spacial score (nSPS) is 11.5. The fourth-order valence-electron chi connectivity index (χ4n) is 1.30. The second-order valence-corrected chi connectivity index (χ2v) is 2.96. The van der Waals surface area contributed by atoms with Crippen LogP contribution in [-0.2, 0) is 0 Å². The molecule has 0 amide bonds. The predicted octanol–water partition coefficient (Wildman–Crippen LogP) is 2.07. The van der Waals surface area contributed by atoms with E-state index < -0.39 is 0 Å². The van der Waals surface area contributed by atoms with E-state index in [2.05, 4.69) is 9.97 Å². The van der Waals surface area contributed by atoms with E-state index in [4.69, 9.17) is 0 Å². The summed E-state index contributed by atoms with van der Waals surface area (Å²) in [6.45, 7) is 3.95. The first-order valence-corrected chi connectivity index (χ1v) is 4.23. The third kappa shape index (κ3) is 1.45. The lowest BCUT2D eigenvalue weighted by molar-refractivity contribution is 1.11. The number of aromatic nitrogens is 3. The lowest BCUT2D eigenvalue weighted by Crippen LogP contribution is -1.87. The highest BCUT2D eigenvalue weighted by atomic mass is 15.0. The molecule has 2 heterocycles. The molecule has 0 radical (unpaired) electrons. The summed E-state index contributed by atoms with van der Waals surface area (Å²) in [4.78, 5) is 8.53. The molecule has 3 heteroatoms. The van der Waals surface area contributed by atoms with Crippen molar-refractivity contribution in [3.05, 3.63) is 36.1 Å². The molecule has 13 heavy (non-hydrogen) atoms. The van der Waals surface area contributed by atoms with Crippen LogP contribution in [-0.4, -0.2) is 14.4 Å². The van der Waals surface area contributed by atoms with Crippen LogP contribution in [0.4, 0.5) is 0 Å². The van der Waals surface area contributed by atoms with Crippen LogP contribution in [0, 0.1) is 6.92 Å². The van der Waals surface area contributed by atoms with Gasteiger partial charge < -0.3 is 4.40 Å². The van der Waals surface area contributed by atoms with Gasteiger partial charge in [0.05, 0.1) is 17.6 Å². The maximum absolute atomic E-state index is 4.29. The molecule has 3 nitrogen and oxygen atoms in total. The van der Waals surface area contributed by atoms with Gasteiger partial charge in [-0.1, -0.05) is 6.08 Å². The van der Waals surface area contributed by atoms with Crippen molar-refractivity contribution in [2.45, 2.75) is 13.8 Å². The molecule has 0 aromatic carbocycles. The SMILES string of the molecule is C/C=C/c1cn2cc(C)nc2cn1. The number of imidazole rings is 1. The third-order valence-electron chi connectivity index (χ3n) is 1.82. The highest BCUT2D eigenvalue weighted by molar-refractivity contribution is 5.46. The molecule has 0 aliphatic carbocycles. The van der Waals surface area contributed by atoms with Gasteiger partial charge in [-0.2, -0.15) is 0 Å². The average Bonchev–Trinajstić information content (AvgIpc) is 2.44. The van der Waals surface area contributed by atoms with Crippen LogP contribution in [0.5, 0.6) is 0 Å². The van der Waals surface area contributed by atoms with E-state index in [0.29, 0.717) is 0 Å². The minimum Gasteiger partial charge on any atom is -0.303 e. The fourth-order valence-corrected chi connectivity index (χ4v) is 1.30. The molecule has 2 aromatic heterocycles. The first kappa shape index (κ1) is 7.98. The summed E-state index contributed by atoms with van der Waals surface area (Å²) in [6, 6.07) is 0. The minimum absolute atomic E-state index is 0.894. The number of fused-ring (bicyclic) bond motifs is 1. The van der Waals surface area contributed by atoms with Gasteiger partial charge in [0.2, 0.25) is 0 Å². The number of allylic oxidation sites excluding steroid dienone is 1. The van der Waals surface area contributed by atoms with Crippen LogP contribution in [0.3, 0.4) is 0 Å². The summed E-state index contributed by atoms with van der Waals surface area (Å²) in [5.74, 6) is 0. The van der Waals surface area contributed by atoms with Gasteiger partial charge in [-0.3, -0.25) is 4.98 Å². The maximum atomic E-state index is 4.29. The third-order valence-corrected chi connectivity index (χ3v) is 1.82. The molecular formula is C10H11N3. The van der Waals surface area contributed by atoms with Crippen molar-refractivity contribution in [2.24, 2.45) is 0 Å². The van der Waals surface area contributed by atoms with Gasteiger partial charge in [0.25, 0.3) is 0 Å². The fraction of sp³-hybridized carbons (Fsp3) is 0.200. The van der Waals surface area contributed by atoms with Gasteiger partial charge in [-0.25, -0.2) is 4.98 Å². The number of rotatable bonds is 1. The van der Waals surface area contributed by atoms with Gasteiger partial charge in [0.15, 0.2) is 5.65 Å². The Kier molecular flexibility index (Phi) is 1.85. The molecule has 0 aliphatic heterocycles. The highest BCUT2D eigenvalue weighted by Crippen LogP contribution is 2.05. The number of hydrogen-bond acceptors (Lipinski definition) is 2. The van der Waals surface area contributed by atoms with E-state index in [1.165, 1.54) is 0 Å². The van der Waals surface area contributed by atoms with E-state index in [-0.39, 0.29) is 0 Å². The standard InChI is InChI=1S/C10H11N3/c1-3-4-9-7-13-6-8(2)12-10(13)5-11-9/h3-7H,1-2H3/b4-3+. The zero-order valence-corrected chi connectivity index (χ0v) is 7.73. The van der Waals surface area contributed by atoms with Crippen molar-refractivity contribution < 1.29 is 0 Å². The molecular weight excluding hydrogens is 162 g/mol. The molecule has 0 atom stereocenters. The number of hydrogen-bond donors (Lipinski definition) is 0. The van der Waals surface area contributed by atoms with Crippen molar-refractivity contribution in [1.29, 1.82) is 0 Å². The Labute approximate surface area is 76.8 Å². The molecule has 0 spiro atoms. The van der Waals surface area contributed by atoms with Gasteiger partial charge in [0.1, 0.15) is 0 Å². The summed E-state index contributed by atoms with van der Waals surface area (Å²) in [5.41, 5.74) is 2.86. The molecule has 66 valence electrons. The summed E-state index contributed by atoms with van der Waals surface area (Å²) < 4.78 is 1.98. The average molecular weight is 173 g/mol. The van der Waals surface area contributed by atoms with Crippen molar-refractivity contribution in [3.63, 3.8) is 0 Å². The van der Waals surface area contributed by atoms with E-state index in [9.17, 15) is 0 Å². The summed E-state index contributed by atoms with van der Waals surface area (Å²) in [6.07, 6.45) is 9.68. The first-order valence-electron chi connectivity index (χ1n) is 4.23. The minimum atomic E-state index is 0.894. The Hall–Kier alpha value is -1.64. The Morgan fingerprint density at radius 1 is 1.38 bits per heavy atom.